The Bertz CT molecular complexity index is 316. The summed E-state index contributed by atoms with van der Waals surface area (Å²) in [5.74, 6) is 1.13. The summed E-state index contributed by atoms with van der Waals surface area (Å²) in [4.78, 5) is 1.34. The van der Waals surface area contributed by atoms with Gasteiger partial charge in [-0.2, -0.15) is 0 Å². The minimum Gasteiger partial charge on any atom is -0.306 e. The molecule has 3 heteroatoms. The molecule has 3 radical (unpaired) electrons. The molecule has 0 bridgehead atoms. The molecule has 0 aromatic heterocycles. The molecule has 0 fully saturated rings. The summed E-state index contributed by atoms with van der Waals surface area (Å²) in [5, 5.41) is 0.268. The van der Waals surface area contributed by atoms with Crippen LogP contribution < -0.4 is 0 Å². The molecule has 1 atom stereocenters. The second-order valence-corrected chi connectivity index (χ2v) is 10.8. The Labute approximate surface area is 106 Å². The Morgan fingerprint density at radius 1 is 1.19 bits per heavy atom. The van der Waals surface area contributed by atoms with Gasteiger partial charge in [0.1, 0.15) is 0 Å². The lowest BCUT2D eigenvalue weighted by Crippen LogP contribution is -2.22. The van der Waals surface area contributed by atoms with E-state index in [4.69, 9.17) is 7.57 Å². The molecule has 0 nitrogen and oxygen atoms in total. The number of benzene rings is 1. The van der Waals surface area contributed by atoms with Crippen LogP contribution in [0.25, 0.3) is 0 Å². The zero-order valence-corrected chi connectivity index (χ0v) is 12.4. The third kappa shape index (κ3) is 4.15. The highest BCUT2D eigenvalue weighted by atomic mass is 32.2. The molecule has 87 valence electrons. The molecule has 1 aromatic carbocycles. The Morgan fingerprint density at radius 3 is 2.25 bits per heavy atom. The topological polar surface area (TPSA) is 0 Å². The average Bonchev–Trinajstić information content (AvgIpc) is 2.17. The minimum atomic E-state index is -1.28. The van der Waals surface area contributed by atoms with E-state index in [-0.39, 0.29) is 5.16 Å². The van der Waals surface area contributed by atoms with Crippen LogP contribution in [0.5, 0.6) is 0 Å². The summed E-state index contributed by atoms with van der Waals surface area (Å²) >= 11 is 1.91. The Kier molecular flexibility index (Phi) is 4.95. The van der Waals surface area contributed by atoms with Crippen molar-refractivity contribution in [3.8, 4) is 0 Å². The molecule has 0 saturated heterocycles. The lowest BCUT2D eigenvalue weighted by molar-refractivity contribution is 0.780. The quantitative estimate of drug-likeness (QED) is 0.436. The molecule has 0 aliphatic carbocycles. The number of hydrogen-bond acceptors (Lipinski definition) is 1. The zero-order valence-electron chi connectivity index (χ0n) is 10.7. The van der Waals surface area contributed by atoms with E-state index < -0.39 is 7.14 Å². The molecule has 0 N–H and O–H groups in total. The van der Waals surface area contributed by atoms with Crippen molar-refractivity contribution in [2.24, 2.45) is 0 Å². The van der Waals surface area contributed by atoms with Crippen LogP contribution in [-0.2, 0) is 0 Å². The van der Waals surface area contributed by atoms with Gasteiger partial charge >= 0.3 is 0 Å². The van der Waals surface area contributed by atoms with Gasteiger partial charge in [-0.05, 0) is 32.9 Å². The fourth-order valence-electron chi connectivity index (χ4n) is 1.21. The van der Waals surface area contributed by atoms with E-state index in [1.165, 1.54) is 4.90 Å². The van der Waals surface area contributed by atoms with Gasteiger partial charge in [0.2, 0.25) is 0 Å². The monoisotopic (exact) mass is 251 g/mol. The lowest BCUT2D eigenvalue weighted by Gasteiger charge is -2.45. The fourth-order valence-corrected chi connectivity index (χ4v) is 4.34. The molecule has 0 aliphatic rings. The Hall–Kier alpha value is 0.0649. The van der Waals surface area contributed by atoms with Gasteiger partial charge in [-0.3, -0.25) is 0 Å². The molecule has 0 aliphatic heterocycles. The van der Waals surface area contributed by atoms with Crippen molar-refractivity contribution in [2.45, 2.75) is 30.8 Å². The summed E-state index contributed by atoms with van der Waals surface area (Å²) in [7, 11) is 5.17. The van der Waals surface area contributed by atoms with Gasteiger partial charge in [0, 0.05) is 28.6 Å². The SMILES string of the molecule is [B-][P+](C)(CCSc1ccccc1)C(C)(C)C. The van der Waals surface area contributed by atoms with Gasteiger partial charge in [0.15, 0.2) is 0 Å². The van der Waals surface area contributed by atoms with Gasteiger partial charge in [-0.1, -0.05) is 18.2 Å². The average molecular weight is 251 g/mol. The molecular weight excluding hydrogens is 230 g/mol. The maximum absolute atomic E-state index is 6.46. The van der Waals surface area contributed by atoms with Crippen LogP contribution in [0.15, 0.2) is 35.2 Å². The van der Waals surface area contributed by atoms with Crippen molar-refractivity contribution in [1.29, 1.82) is 0 Å². The van der Waals surface area contributed by atoms with E-state index in [0.717, 1.165) is 11.9 Å². The molecule has 16 heavy (non-hydrogen) atoms. The third-order valence-corrected chi connectivity index (χ3v) is 8.63. The van der Waals surface area contributed by atoms with Crippen LogP contribution in [0.3, 0.4) is 0 Å². The van der Waals surface area contributed by atoms with Gasteiger partial charge in [0.25, 0.3) is 0 Å². The van der Waals surface area contributed by atoms with Gasteiger partial charge in [-0.15, -0.1) is 11.8 Å². The van der Waals surface area contributed by atoms with E-state index >= 15 is 0 Å². The summed E-state index contributed by atoms with van der Waals surface area (Å²) < 4.78 is 0. The van der Waals surface area contributed by atoms with Crippen LogP contribution in [0.2, 0.25) is 0 Å². The molecule has 1 aromatic rings. The molecule has 1 rings (SSSR count). The second kappa shape index (κ2) is 5.60. The van der Waals surface area contributed by atoms with Crippen molar-refractivity contribution in [1.82, 2.24) is 0 Å². The standard InChI is InChI=1S/C13H21BPS/c1-13(2,3)15(4,14)10-11-16-12-8-6-5-7-9-12/h5-9H,10-11H2,1-4H3. The van der Waals surface area contributed by atoms with E-state index in [1.807, 2.05) is 11.8 Å². The summed E-state index contributed by atoms with van der Waals surface area (Å²) in [6.45, 7) is 9.04. The van der Waals surface area contributed by atoms with Gasteiger partial charge < -0.3 is 7.57 Å². The van der Waals surface area contributed by atoms with Gasteiger partial charge in [-0.25, -0.2) is 7.14 Å². The third-order valence-electron chi connectivity index (χ3n) is 3.10. The van der Waals surface area contributed by atoms with Crippen molar-refractivity contribution in [3.63, 3.8) is 0 Å². The highest BCUT2D eigenvalue weighted by Crippen LogP contribution is 2.61. The molecule has 1 unspecified atom stereocenters. The predicted octanol–water partition coefficient (Wildman–Crippen LogP) is 4.31. The normalized spacial score (nSPS) is 15.8. The number of hydrogen-bond donors (Lipinski definition) is 0. The lowest BCUT2D eigenvalue weighted by atomic mass is 10.3. The van der Waals surface area contributed by atoms with Crippen LogP contribution >= 0.6 is 18.9 Å². The molecule has 0 saturated carbocycles. The fraction of sp³-hybridized carbons (Fsp3) is 0.538. The second-order valence-electron chi connectivity index (χ2n) is 5.32. The van der Waals surface area contributed by atoms with Crippen LogP contribution in [0, 0.1) is 0 Å². The van der Waals surface area contributed by atoms with E-state index in [9.17, 15) is 0 Å². The molecular formula is C13H21BPS. The molecule has 0 spiro atoms. The Morgan fingerprint density at radius 2 is 1.75 bits per heavy atom. The van der Waals surface area contributed by atoms with Crippen molar-refractivity contribution in [3.05, 3.63) is 30.3 Å². The minimum absolute atomic E-state index is 0.268. The number of thioether (sulfide) groups is 1. The number of rotatable bonds is 4. The molecule has 0 amide bonds. The zero-order chi connectivity index (χ0) is 12.2. The first-order chi connectivity index (χ1) is 7.33. The van der Waals surface area contributed by atoms with Gasteiger partial charge in [0.05, 0.1) is 0 Å². The maximum Gasteiger partial charge on any atom is 0.0275 e. The largest absolute Gasteiger partial charge is 0.306 e. The highest BCUT2D eigenvalue weighted by Gasteiger charge is 2.27. The smallest absolute Gasteiger partial charge is 0.0275 e. The molecule has 0 heterocycles. The first-order valence-corrected chi connectivity index (χ1v) is 9.12. The van der Waals surface area contributed by atoms with Crippen LogP contribution in [0.4, 0.5) is 0 Å². The van der Waals surface area contributed by atoms with E-state index in [0.29, 0.717) is 0 Å². The Balaban J connectivity index is 2.42. The first kappa shape index (κ1) is 14.1. The first-order valence-electron chi connectivity index (χ1n) is 5.65. The summed E-state index contributed by atoms with van der Waals surface area (Å²) in [5.41, 5.74) is 0. The van der Waals surface area contributed by atoms with Crippen molar-refractivity contribution >= 4 is 26.5 Å². The van der Waals surface area contributed by atoms with Crippen molar-refractivity contribution in [2.75, 3.05) is 18.6 Å². The van der Waals surface area contributed by atoms with E-state index in [2.05, 4.69) is 57.8 Å². The van der Waals surface area contributed by atoms with Crippen LogP contribution in [0.1, 0.15) is 20.8 Å². The van der Waals surface area contributed by atoms with E-state index in [1.54, 1.807) is 0 Å². The van der Waals surface area contributed by atoms with Crippen LogP contribution in [-0.4, -0.2) is 31.3 Å². The predicted molar refractivity (Wildman–Crippen MR) is 80.4 cm³/mol. The maximum atomic E-state index is 6.46. The summed E-state index contributed by atoms with van der Waals surface area (Å²) in [6.07, 6.45) is 1.15. The summed E-state index contributed by atoms with van der Waals surface area (Å²) in [6, 6.07) is 10.5. The van der Waals surface area contributed by atoms with Crippen molar-refractivity contribution < 1.29 is 0 Å². The highest BCUT2D eigenvalue weighted by molar-refractivity contribution is 8.02.